The van der Waals surface area contributed by atoms with Gasteiger partial charge in [0.05, 0.1) is 19.3 Å². The van der Waals surface area contributed by atoms with Crippen LogP contribution >= 0.6 is 0 Å². The molecule has 286 valence electrons. The lowest BCUT2D eigenvalue weighted by Gasteiger charge is -2.60. The van der Waals surface area contributed by atoms with E-state index in [4.69, 9.17) is 28.7 Å². The van der Waals surface area contributed by atoms with Gasteiger partial charge in [0.25, 0.3) is 0 Å². The molecule has 1 spiro atoms. The highest BCUT2D eigenvalue weighted by molar-refractivity contribution is 5.27. The van der Waals surface area contributed by atoms with Crippen LogP contribution in [-0.4, -0.2) is 66.8 Å². The number of allylic oxidation sites excluding steroid dienone is 1. The molecule has 5 aliphatic carbocycles. The molecule has 6 aliphatic heterocycles. The van der Waals surface area contributed by atoms with Crippen LogP contribution in [0.15, 0.2) is 11.6 Å². The molecule has 4 saturated carbocycles. The molecule has 19 atom stereocenters. The quantitative estimate of drug-likeness (QED) is 0.161. The SMILES string of the molecule is C[C@H]1CCC2[C@@H](C)[C@H]3[C@H](CC4C5CC=C6C[C@H](OCCOC7OC8O[C@]9(C)CCC%10[C@H](C)CCC([C@H]7C)[C@@]8%10OO9)CC[C@]6(C)C5CC[C@@]43C)N2C1. The summed E-state index contributed by atoms with van der Waals surface area (Å²) in [5, 5.41) is 0. The lowest BCUT2D eigenvalue weighted by atomic mass is 9.47. The highest BCUT2D eigenvalue weighted by atomic mass is 17.3. The van der Waals surface area contributed by atoms with Gasteiger partial charge in [-0.3, -0.25) is 4.90 Å². The van der Waals surface area contributed by atoms with Crippen LogP contribution in [0.1, 0.15) is 132 Å². The van der Waals surface area contributed by atoms with E-state index in [2.05, 4.69) is 52.5 Å². The first-order valence-corrected chi connectivity index (χ1v) is 21.8. The molecule has 2 bridgehead atoms. The van der Waals surface area contributed by atoms with Crippen LogP contribution in [0, 0.1) is 70.0 Å². The van der Waals surface area contributed by atoms with E-state index in [0.29, 0.717) is 47.9 Å². The van der Waals surface area contributed by atoms with Crippen molar-refractivity contribution in [2.75, 3.05) is 19.8 Å². The van der Waals surface area contributed by atoms with Crippen LogP contribution < -0.4 is 0 Å². The number of hydrogen-bond donors (Lipinski definition) is 0. The zero-order valence-corrected chi connectivity index (χ0v) is 32.9. The molecule has 0 amide bonds. The summed E-state index contributed by atoms with van der Waals surface area (Å²) in [5.74, 6) is 5.95. The molecule has 6 saturated heterocycles. The largest absolute Gasteiger partial charge is 0.375 e. The third-order valence-electron chi connectivity index (χ3n) is 18.5. The van der Waals surface area contributed by atoms with Gasteiger partial charge in [-0.25, -0.2) is 9.78 Å². The first-order chi connectivity index (χ1) is 24.4. The summed E-state index contributed by atoms with van der Waals surface area (Å²) in [7, 11) is 0. The summed E-state index contributed by atoms with van der Waals surface area (Å²) in [5.41, 5.74) is 2.06. The topological polar surface area (TPSA) is 58.6 Å². The fraction of sp³-hybridized carbons (Fsp3) is 0.955. The lowest BCUT2D eigenvalue weighted by molar-refractivity contribution is -0.577. The van der Waals surface area contributed by atoms with E-state index >= 15 is 0 Å². The van der Waals surface area contributed by atoms with Crippen molar-refractivity contribution >= 4 is 0 Å². The number of rotatable bonds is 5. The van der Waals surface area contributed by atoms with Crippen LogP contribution in [0.2, 0.25) is 0 Å². The average molecular weight is 708 g/mol. The van der Waals surface area contributed by atoms with Gasteiger partial charge in [0.2, 0.25) is 5.79 Å². The van der Waals surface area contributed by atoms with E-state index < -0.39 is 17.7 Å². The van der Waals surface area contributed by atoms with Crippen molar-refractivity contribution in [2.24, 2.45) is 70.0 Å². The second-order valence-electron chi connectivity index (χ2n) is 20.8. The molecule has 0 aromatic heterocycles. The Morgan fingerprint density at radius 3 is 2.47 bits per heavy atom. The normalized spacial score (nSPS) is 58.7. The van der Waals surface area contributed by atoms with Crippen molar-refractivity contribution in [2.45, 2.75) is 174 Å². The molecule has 51 heavy (non-hydrogen) atoms. The standard InChI is InChI=1S/C44H69NO6/c1-25-8-13-36-28(4)38-37(45(36)24-25)23-35-31-11-10-29-22-30(14-17-41(29,5)34(31)15-18-42(35,38)6)46-20-21-47-39-27(3)33-12-9-26(2)32-16-19-43(7)49-40(48-39)44(32,33)51-50-43/h10,25-28,30-40H,8-9,11-24H2,1-7H3/t25-,26+,27+,28+,30+,31?,32?,33?,34?,35?,36?,37-,38-,39?,40?,41-,42-,43-,44+/m0/s1. The molecular weight excluding hydrogens is 638 g/mol. The van der Waals surface area contributed by atoms with Crippen molar-refractivity contribution in [3.63, 3.8) is 0 Å². The number of ether oxygens (including phenoxy) is 4. The van der Waals surface area contributed by atoms with Gasteiger partial charge in [-0.2, -0.15) is 0 Å². The zero-order valence-electron chi connectivity index (χ0n) is 32.9. The number of piperidine rings is 1. The smallest absolute Gasteiger partial charge is 0.201 e. The molecule has 11 rings (SSSR count). The Bertz CT molecular complexity index is 1390. The molecule has 0 N–H and O–H groups in total. The van der Waals surface area contributed by atoms with E-state index in [1.807, 2.05) is 6.92 Å². The molecule has 0 aromatic rings. The summed E-state index contributed by atoms with van der Waals surface area (Å²) in [6.07, 6.45) is 18.5. The Morgan fingerprint density at radius 1 is 0.784 bits per heavy atom. The Kier molecular flexibility index (Phi) is 8.37. The molecule has 7 heteroatoms. The summed E-state index contributed by atoms with van der Waals surface area (Å²) in [6.45, 7) is 19.7. The fourth-order valence-corrected chi connectivity index (χ4v) is 15.9. The van der Waals surface area contributed by atoms with E-state index in [9.17, 15) is 0 Å². The third-order valence-corrected chi connectivity index (χ3v) is 18.5. The van der Waals surface area contributed by atoms with Gasteiger partial charge in [-0.1, -0.05) is 53.2 Å². The fourth-order valence-electron chi connectivity index (χ4n) is 15.9. The van der Waals surface area contributed by atoms with Crippen LogP contribution in [0.4, 0.5) is 0 Å². The van der Waals surface area contributed by atoms with E-state index in [-0.39, 0.29) is 12.2 Å². The van der Waals surface area contributed by atoms with Crippen LogP contribution in [0.5, 0.6) is 0 Å². The van der Waals surface area contributed by atoms with Gasteiger partial charge in [-0.05, 0) is 142 Å². The Labute approximate surface area is 308 Å². The van der Waals surface area contributed by atoms with Crippen molar-refractivity contribution in [3.05, 3.63) is 11.6 Å². The lowest BCUT2D eigenvalue weighted by Crippen LogP contribution is -2.70. The molecule has 0 aromatic carbocycles. The van der Waals surface area contributed by atoms with E-state index in [1.165, 1.54) is 64.3 Å². The Morgan fingerprint density at radius 2 is 1.61 bits per heavy atom. The minimum Gasteiger partial charge on any atom is -0.375 e. The predicted octanol–water partition coefficient (Wildman–Crippen LogP) is 8.90. The van der Waals surface area contributed by atoms with Gasteiger partial charge in [0, 0.05) is 36.9 Å². The monoisotopic (exact) mass is 708 g/mol. The van der Waals surface area contributed by atoms with Gasteiger partial charge >= 0.3 is 0 Å². The number of hydrogen-bond acceptors (Lipinski definition) is 7. The first kappa shape index (κ1) is 34.9. The van der Waals surface area contributed by atoms with Gasteiger partial charge < -0.3 is 18.9 Å². The molecule has 10 fully saturated rings. The van der Waals surface area contributed by atoms with Crippen molar-refractivity contribution in [1.82, 2.24) is 4.90 Å². The van der Waals surface area contributed by atoms with Crippen molar-refractivity contribution < 1.29 is 28.7 Å². The molecule has 0 radical (unpaired) electrons. The van der Waals surface area contributed by atoms with Crippen molar-refractivity contribution in [1.29, 1.82) is 0 Å². The summed E-state index contributed by atoms with van der Waals surface area (Å²) >= 11 is 0. The van der Waals surface area contributed by atoms with Gasteiger partial charge in [-0.15, -0.1) is 0 Å². The summed E-state index contributed by atoms with van der Waals surface area (Å²) in [6, 6.07) is 1.70. The molecule has 6 heterocycles. The Balaban J connectivity index is 0.766. The molecule has 11 aliphatic rings. The maximum Gasteiger partial charge on any atom is 0.201 e. The highest BCUT2D eigenvalue weighted by Crippen LogP contribution is 2.70. The maximum atomic E-state index is 6.66. The number of nitrogens with zero attached hydrogens (tertiary/aromatic N) is 1. The average Bonchev–Trinajstić information content (AvgIpc) is 3.45. The second-order valence-corrected chi connectivity index (χ2v) is 20.8. The third kappa shape index (κ3) is 4.99. The van der Waals surface area contributed by atoms with Crippen LogP contribution in [0.3, 0.4) is 0 Å². The van der Waals surface area contributed by atoms with Crippen molar-refractivity contribution in [3.8, 4) is 0 Å². The van der Waals surface area contributed by atoms with Gasteiger partial charge in [0.15, 0.2) is 18.2 Å². The molecule has 7 nitrogen and oxygen atoms in total. The van der Waals surface area contributed by atoms with Crippen LogP contribution in [0.25, 0.3) is 0 Å². The number of fused-ring (bicyclic) bond motifs is 11. The predicted molar refractivity (Wildman–Crippen MR) is 195 cm³/mol. The van der Waals surface area contributed by atoms with E-state index in [0.717, 1.165) is 73.3 Å². The molecular formula is C44H69NO6. The second kappa shape index (κ2) is 12.2. The van der Waals surface area contributed by atoms with Crippen LogP contribution in [-0.2, 0) is 28.7 Å². The minimum absolute atomic E-state index is 0.200. The zero-order chi connectivity index (χ0) is 35.1. The first-order valence-electron chi connectivity index (χ1n) is 21.8. The highest BCUT2D eigenvalue weighted by Gasteiger charge is 2.70. The molecule has 8 unspecified atom stereocenters. The van der Waals surface area contributed by atoms with E-state index in [1.54, 1.807) is 5.57 Å². The Hall–Kier alpha value is -0.540. The maximum absolute atomic E-state index is 6.66. The van der Waals surface area contributed by atoms with Gasteiger partial charge in [0.1, 0.15) is 0 Å². The minimum atomic E-state index is -0.753. The summed E-state index contributed by atoms with van der Waals surface area (Å²) < 4.78 is 26.4. The summed E-state index contributed by atoms with van der Waals surface area (Å²) in [4.78, 5) is 15.4.